The number of carboxylic acid groups (broad SMARTS) is 1. The van der Waals surface area contributed by atoms with Gasteiger partial charge in [-0.05, 0) is 30.0 Å². The minimum atomic E-state index is -0.802. The number of aliphatic carboxylic acids is 1. The van der Waals surface area contributed by atoms with Gasteiger partial charge >= 0.3 is 5.97 Å². The monoisotopic (exact) mass is 407 g/mol. The maximum absolute atomic E-state index is 11.2. The average molecular weight is 408 g/mol. The first-order chi connectivity index (χ1) is 13.5. The highest BCUT2D eigenvalue weighted by atomic mass is 32.2. The van der Waals surface area contributed by atoms with Crippen LogP contribution in [0.25, 0.3) is 0 Å². The molecule has 28 heavy (non-hydrogen) atoms. The maximum Gasteiger partial charge on any atom is 0.307 e. The number of primary amides is 1. The van der Waals surface area contributed by atoms with Crippen molar-refractivity contribution in [2.45, 2.75) is 95.3 Å². The van der Waals surface area contributed by atoms with Gasteiger partial charge in [0, 0.05) is 17.1 Å². The van der Waals surface area contributed by atoms with Crippen molar-refractivity contribution < 1.29 is 14.7 Å². The van der Waals surface area contributed by atoms with Crippen LogP contribution in [0.5, 0.6) is 0 Å². The minimum absolute atomic E-state index is 0.0529. The molecule has 4 nitrogen and oxygen atoms in total. The van der Waals surface area contributed by atoms with E-state index in [1.807, 2.05) is 18.2 Å². The first-order valence-corrected chi connectivity index (χ1v) is 11.8. The fourth-order valence-corrected chi connectivity index (χ4v) is 4.51. The lowest BCUT2D eigenvalue weighted by Gasteiger charge is -2.14. The van der Waals surface area contributed by atoms with Crippen LogP contribution in [0.1, 0.15) is 88.7 Å². The van der Waals surface area contributed by atoms with E-state index < -0.39 is 5.97 Å². The number of amides is 1. The number of carbonyl (C=O) groups is 2. The van der Waals surface area contributed by atoms with Crippen molar-refractivity contribution >= 4 is 23.6 Å². The van der Waals surface area contributed by atoms with E-state index in [1.54, 1.807) is 11.8 Å². The molecule has 0 bridgehead atoms. The first kappa shape index (κ1) is 24.5. The molecule has 0 saturated heterocycles. The second kappa shape index (κ2) is 15.4. The highest BCUT2D eigenvalue weighted by molar-refractivity contribution is 7.99. The molecule has 1 rings (SSSR count). The normalized spacial score (nSPS) is 10.9. The molecule has 1 aromatic carbocycles. The van der Waals surface area contributed by atoms with Crippen molar-refractivity contribution in [2.24, 2.45) is 5.73 Å². The van der Waals surface area contributed by atoms with Crippen LogP contribution in [0.3, 0.4) is 0 Å². The van der Waals surface area contributed by atoms with E-state index in [2.05, 4.69) is 6.92 Å². The van der Waals surface area contributed by atoms with Crippen LogP contribution in [-0.4, -0.2) is 22.7 Å². The van der Waals surface area contributed by atoms with E-state index in [9.17, 15) is 14.7 Å². The molecule has 0 radical (unpaired) electrons. The quantitative estimate of drug-likeness (QED) is 0.255. The molecule has 0 aromatic heterocycles. The predicted octanol–water partition coefficient (Wildman–Crippen LogP) is 5.74. The van der Waals surface area contributed by atoms with Crippen LogP contribution in [0.2, 0.25) is 0 Å². The van der Waals surface area contributed by atoms with Gasteiger partial charge in [0.05, 0.1) is 6.42 Å². The highest BCUT2D eigenvalue weighted by Gasteiger charge is 2.12. The SMILES string of the molecule is CCCCCCCCCCCCc1c(CC(=O)O)cccc1SCCC(N)=O. The Balaban J connectivity index is 2.45. The van der Waals surface area contributed by atoms with Crippen LogP contribution in [0, 0.1) is 0 Å². The summed E-state index contributed by atoms with van der Waals surface area (Å²) in [6.45, 7) is 2.25. The largest absolute Gasteiger partial charge is 0.481 e. The van der Waals surface area contributed by atoms with E-state index in [0.717, 1.165) is 28.9 Å². The number of nitrogens with two attached hydrogens (primary N) is 1. The second-order valence-corrected chi connectivity index (χ2v) is 8.60. The Bertz CT molecular complexity index is 589. The zero-order chi connectivity index (χ0) is 20.6. The Morgan fingerprint density at radius 2 is 1.57 bits per heavy atom. The highest BCUT2D eigenvalue weighted by Crippen LogP contribution is 2.28. The summed E-state index contributed by atoms with van der Waals surface area (Å²) in [6, 6.07) is 5.85. The topological polar surface area (TPSA) is 80.4 Å². The van der Waals surface area contributed by atoms with Gasteiger partial charge in [-0.25, -0.2) is 0 Å². The lowest BCUT2D eigenvalue weighted by atomic mass is 9.98. The summed E-state index contributed by atoms with van der Waals surface area (Å²) in [5.74, 6) is -0.467. The summed E-state index contributed by atoms with van der Waals surface area (Å²) >= 11 is 1.60. The van der Waals surface area contributed by atoms with E-state index in [4.69, 9.17) is 5.73 Å². The van der Waals surface area contributed by atoms with Crippen LogP contribution in [0.4, 0.5) is 0 Å². The molecule has 5 heteroatoms. The number of carbonyl (C=O) groups excluding carboxylic acids is 1. The van der Waals surface area contributed by atoms with Gasteiger partial charge in [0.15, 0.2) is 0 Å². The van der Waals surface area contributed by atoms with E-state index in [0.29, 0.717) is 12.2 Å². The third-order valence-corrected chi connectivity index (χ3v) is 6.06. The lowest BCUT2D eigenvalue weighted by Crippen LogP contribution is -2.11. The average Bonchev–Trinajstić information content (AvgIpc) is 2.64. The fraction of sp³-hybridized carbons (Fsp3) is 0.652. The van der Waals surface area contributed by atoms with Crippen molar-refractivity contribution in [3.8, 4) is 0 Å². The van der Waals surface area contributed by atoms with Crippen molar-refractivity contribution in [2.75, 3.05) is 5.75 Å². The smallest absolute Gasteiger partial charge is 0.307 e. The van der Waals surface area contributed by atoms with Crippen molar-refractivity contribution in [3.05, 3.63) is 29.3 Å². The van der Waals surface area contributed by atoms with Crippen molar-refractivity contribution in [1.29, 1.82) is 0 Å². The van der Waals surface area contributed by atoms with Gasteiger partial charge in [0.2, 0.25) is 5.91 Å². The standard InChI is InChI=1S/C23H37NO3S/c1-2-3-4-5-6-7-8-9-10-11-14-20-19(18-23(26)27)13-12-15-21(20)28-17-16-22(24)25/h12-13,15H,2-11,14,16-18H2,1H3,(H2,24,25)(H,26,27). The molecule has 0 saturated carbocycles. The maximum atomic E-state index is 11.2. The number of thioether (sulfide) groups is 1. The molecule has 0 aliphatic carbocycles. The predicted molar refractivity (Wildman–Crippen MR) is 118 cm³/mol. The Hall–Kier alpha value is -1.49. The van der Waals surface area contributed by atoms with Crippen LogP contribution in [0.15, 0.2) is 23.1 Å². The summed E-state index contributed by atoms with van der Waals surface area (Å²) in [6.07, 6.45) is 14.2. The van der Waals surface area contributed by atoms with Gasteiger partial charge in [-0.3, -0.25) is 9.59 Å². The first-order valence-electron chi connectivity index (χ1n) is 10.8. The third kappa shape index (κ3) is 11.4. The summed E-state index contributed by atoms with van der Waals surface area (Å²) < 4.78 is 0. The zero-order valence-electron chi connectivity index (χ0n) is 17.4. The van der Waals surface area contributed by atoms with Crippen LogP contribution < -0.4 is 5.73 Å². The molecule has 0 fully saturated rings. The molecule has 0 aliphatic heterocycles. The molecular formula is C23H37NO3S. The van der Waals surface area contributed by atoms with Crippen molar-refractivity contribution in [3.63, 3.8) is 0 Å². The van der Waals surface area contributed by atoms with Gasteiger partial charge in [-0.1, -0.05) is 76.8 Å². The summed E-state index contributed by atoms with van der Waals surface area (Å²) in [5.41, 5.74) is 7.27. The molecule has 3 N–H and O–H groups in total. The third-order valence-electron chi connectivity index (χ3n) is 4.96. The molecule has 1 amide bonds. The molecular weight excluding hydrogens is 370 g/mol. The Morgan fingerprint density at radius 3 is 2.14 bits per heavy atom. The van der Waals surface area contributed by atoms with Gasteiger partial charge in [0.25, 0.3) is 0 Å². The van der Waals surface area contributed by atoms with Gasteiger partial charge in [-0.2, -0.15) is 0 Å². The number of hydrogen-bond donors (Lipinski definition) is 2. The second-order valence-electron chi connectivity index (χ2n) is 7.46. The molecule has 158 valence electrons. The van der Waals surface area contributed by atoms with Crippen molar-refractivity contribution in [1.82, 2.24) is 0 Å². The Kier molecular flexibility index (Phi) is 13.5. The molecule has 0 spiro atoms. The lowest BCUT2D eigenvalue weighted by molar-refractivity contribution is -0.136. The Morgan fingerprint density at radius 1 is 0.964 bits per heavy atom. The summed E-state index contributed by atoms with van der Waals surface area (Å²) in [7, 11) is 0. The van der Waals surface area contributed by atoms with E-state index in [-0.39, 0.29) is 12.3 Å². The fourth-order valence-electron chi connectivity index (χ4n) is 3.41. The molecule has 0 unspecified atom stereocenters. The van der Waals surface area contributed by atoms with E-state index >= 15 is 0 Å². The Labute approximate surface area is 174 Å². The number of benzene rings is 1. The van der Waals surface area contributed by atoms with E-state index in [1.165, 1.54) is 57.8 Å². The summed E-state index contributed by atoms with van der Waals surface area (Å²) in [5, 5.41) is 9.21. The van der Waals surface area contributed by atoms with Crippen LogP contribution in [-0.2, 0) is 22.4 Å². The van der Waals surface area contributed by atoms with Gasteiger partial charge in [-0.15, -0.1) is 11.8 Å². The molecule has 0 aliphatic rings. The molecule has 0 heterocycles. The van der Waals surface area contributed by atoms with Crippen LogP contribution >= 0.6 is 11.8 Å². The number of unbranched alkanes of at least 4 members (excludes halogenated alkanes) is 9. The summed E-state index contributed by atoms with van der Waals surface area (Å²) in [4.78, 5) is 23.3. The molecule has 1 aromatic rings. The molecule has 0 atom stereocenters. The van der Waals surface area contributed by atoms with Gasteiger partial charge < -0.3 is 10.8 Å². The number of rotatable bonds is 17. The zero-order valence-corrected chi connectivity index (χ0v) is 18.2. The van der Waals surface area contributed by atoms with Gasteiger partial charge in [0.1, 0.15) is 0 Å². The minimum Gasteiger partial charge on any atom is -0.481 e. The number of carboxylic acids is 1. The number of hydrogen-bond acceptors (Lipinski definition) is 3.